The van der Waals surface area contributed by atoms with E-state index in [0.717, 1.165) is 41.6 Å². The summed E-state index contributed by atoms with van der Waals surface area (Å²) in [5.74, 6) is 1.91. The average Bonchev–Trinajstić information content (AvgIpc) is 2.85. The van der Waals surface area contributed by atoms with E-state index >= 15 is 0 Å². The lowest BCUT2D eigenvalue weighted by atomic mass is 9.80. The summed E-state index contributed by atoms with van der Waals surface area (Å²) >= 11 is 0. The second-order valence-corrected chi connectivity index (χ2v) is 9.78. The molecule has 0 radical (unpaired) electrons. The molecule has 1 aliphatic rings. The van der Waals surface area contributed by atoms with Crippen molar-refractivity contribution < 1.29 is 9.53 Å². The normalized spacial score (nSPS) is 19.6. The zero-order valence-electron chi connectivity index (χ0n) is 21.4. The van der Waals surface area contributed by atoms with Crippen molar-refractivity contribution in [3.8, 4) is 5.75 Å². The summed E-state index contributed by atoms with van der Waals surface area (Å²) in [5, 5.41) is 4.25. The van der Waals surface area contributed by atoms with E-state index in [0.29, 0.717) is 11.8 Å². The number of carbonyl (C=O) groups excluding carboxylic acids is 1. The van der Waals surface area contributed by atoms with E-state index in [2.05, 4.69) is 34.8 Å². The molecule has 0 saturated carbocycles. The maximum atomic E-state index is 12.1. The monoisotopic (exact) mass is 465 g/mol. The van der Waals surface area contributed by atoms with Gasteiger partial charge in [0.25, 0.3) is 0 Å². The van der Waals surface area contributed by atoms with Crippen LogP contribution in [0.3, 0.4) is 0 Å². The standard InChI is InChI=1S/C29H43N3O2/c1-5-7-8-9-10-18-32-19-16-24(23(6-2)21-32)11-13-29(31-22(3)33)26-15-17-30-28-14-12-25(34-4)20-27(26)28/h6,12,14-15,17,20,23-24,29H,2,5,7-11,13,16,18-19,21H2,1,3-4H3,(H,31,33)/t23-,24+,29?/m0/s1. The molecule has 1 saturated heterocycles. The van der Waals surface area contributed by atoms with E-state index in [1.54, 1.807) is 14.0 Å². The van der Waals surface area contributed by atoms with Crippen LogP contribution < -0.4 is 10.1 Å². The Bertz CT molecular complexity index is 929. The number of nitrogens with zero attached hydrogens (tertiary/aromatic N) is 2. The molecule has 1 aliphatic heterocycles. The first-order valence-corrected chi connectivity index (χ1v) is 13.1. The first kappa shape index (κ1) is 26.2. The van der Waals surface area contributed by atoms with Crippen molar-refractivity contribution in [2.24, 2.45) is 11.8 Å². The fraction of sp³-hybridized carbons (Fsp3) is 0.586. The highest BCUT2D eigenvalue weighted by Crippen LogP contribution is 2.34. The Kier molecular flexibility index (Phi) is 10.4. The largest absolute Gasteiger partial charge is 0.497 e. The Morgan fingerprint density at radius 3 is 2.85 bits per heavy atom. The Balaban J connectivity index is 1.65. The van der Waals surface area contributed by atoms with Crippen molar-refractivity contribution in [2.75, 3.05) is 26.7 Å². The number of hydrogen-bond donors (Lipinski definition) is 1. The Hall–Kier alpha value is -2.40. The molecule has 1 unspecified atom stereocenters. The number of piperidine rings is 1. The lowest BCUT2D eigenvalue weighted by Crippen LogP contribution is -2.40. The maximum absolute atomic E-state index is 12.1. The highest BCUT2D eigenvalue weighted by atomic mass is 16.5. The maximum Gasteiger partial charge on any atom is 0.217 e. The zero-order chi connectivity index (χ0) is 24.3. The predicted molar refractivity (Wildman–Crippen MR) is 141 cm³/mol. The zero-order valence-corrected chi connectivity index (χ0v) is 21.4. The molecular formula is C29H43N3O2. The summed E-state index contributed by atoms with van der Waals surface area (Å²) in [4.78, 5) is 19.2. The van der Waals surface area contributed by atoms with Crippen molar-refractivity contribution in [3.05, 3.63) is 48.7 Å². The van der Waals surface area contributed by atoms with Crippen LogP contribution in [0.25, 0.3) is 10.9 Å². The third-order valence-electron chi connectivity index (χ3n) is 7.33. The number of unbranched alkanes of at least 4 members (excludes halogenated alkanes) is 4. The van der Waals surface area contributed by atoms with Crippen LogP contribution in [0.1, 0.15) is 76.8 Å². The molecule has 34 heavy (non-hydrogen) atoms. The molecule has 1 amide bonds. The van der Waals surface area contributed by atoms with Crippen molar-refractivity contribution in [2.45, 2.75) is 71.3 Å². The van der Waals surface area contributed by atoms with E-state index in [-0.39, 0.29) is 11.9 Å². The van der Waals surface area contributed by atoms with Crippen LogP contribution in [-0.2, 0) is 4.79 Å². The van der Waals surface area contributed by atoms with Gasteiger partial charge in [0.05, 0.1) is 18.7 Å². The van der Waals surface area contributed by atoms with Crippen molar-refractivity contribution in [1.82, 2.24) is 15.2 Å². The second kappa shape index (κ2) is 13.5. The van der Waals surface area contributed by atoms with E-state index < -0.39 is 0 Å². The number of rotatable bonds is 13. The van der Waals surface area contributed by atoms with Gasteiger partial charge in [-0.15, -0.1) is 6.58 Å². The van der Waals surface area contributed by atoms with Gasteiger partial charge in [0, 0.05) is 25.1 Å². The smallest absolute Gasteiger partial charge is 0.217 e. The lowest BCUT2D eigenvalue weighted by molar-refractivity contribution is -0.119. The van der Waals surface area contributed by atoms with E-state index in [1.165, 1.54) is 51.6 Å². The molecule has 186 valence electrons. The van der Waals surface area contributed by atoms with Crippen LogP contribution in [-0.4, -0.2) is 42.5 Å². The minimum Gasteiger partial charge on any atom is -0.497 e. The second-order valence-electron chi connectivity index (χ2n) is 9.78. The Morgan fingerprint density at radius 1 is 1.29 bits per heavy atom. The third kappa shape index (κ3) is 7.30. The first-order valence-electron chi connectivity index (χ1n) is 13.1. The fourth-order valence-electron chi connectivity index (χ4n) is 5.38. The number of hydrogen-bond acceptors (Lipinski definition) is 4. The molecule has 5 nitrogen and oxygen atoms in total. The van der Waals surface area contributed by atoms with Gasteiger partial charge in [-0.3, -0.25) is 9.78 Å². The minimum atomic E-state index is -0.0443. The highest BCUT2D eigenvalue weighted by molar-refractivity contribution is 5.84. The summed E-state index contributed by atoms with van der Waals surface area (Å²) in [7, 11) is 1.68. The number of benzene rings is 1. The number of ether oxygens (including phenoxy) is 1. The Labute approximate surface area is 206 Å². The number of pyridine rings is 1. The minimum absolute atomic E-state index is 0.00368. The van der Waals surface area contributed by atoms with Crippen LogP contribution in [0, 0.1) is 11.8 Å². The third-order valence-corrected chi connectivity index (χ3v) is 7.33. The summed E-state index contributed by atoms with van der Waals surface area (Å²) in [6.45, 7) is 11.5. The van der Waals surface area contributed by atoms with Crippen molar-refractivity contribution in [1.29, 1.82) is 0 Å². The molecule has 1 fully saturated rings. The van der Waals surface area contributed by atoms with Crippen LogP contribution in [0.2, 0.25) is 0 Å². The predicted octanol–water partition coefficient (Wildman–Crippen LogP) is 6.30. The molecule has 2 aromatic rings. The van der Waals surface area contributed by atoms with Gasteiger partial charge in [-0.05, 0) is 80.4 Å². The van der Waals surface area contributed by atoms with Crippen molar-refractivity contribution >= 4 is 16.8 Å². The number of methoxy groups -OCH3 is 1. The van der Waals surface area contributed by atoms with Crippen LogP contribution in [0.4, 0.5) is 0 Å². The topological polar surface area (TPSA) is 54.5 Å². The Morgan fingerprint density at radius 2 is 2.12 bits per heavy atom. The molecule has 2 heterocycles. The molecule has 0 aliphatic carbocycles. The fourth-order valence-corrected chi connectivity index (χ4v) is 5.38. The molecule has 0 bridgehead atoms. The van der Waals surface area contributed by atoms with Gasteiger partial charge in [-0.1, -0.05) is 38.7 Å². The molecule has 3 rings (SSSR count). The first-order chi connectivity index (χ1) is 16.5. The molecule has 3 atom stereocenters. The van der Waals surface area contributed by atoms with Gasteiger partial charge >= 0.3 is 0 Å². The molecule has 5 heteroatoms. The number of likely N-dealkylation sites (tertiary alicyclic amines) is 1. The molecule has 1 aromatic carbocycles. The average molecular weight is 466 g/mol. The van der Waals surface area contributed by atoms with Gasteiger partial charge in [-0.2, -0.15) is 0 Å². The molecule has 0 spiro atoms. The van der Waals surface area contributed by atoms with Gasteiger partial charge in [-0.25, -0.2) is 0 Å². The number of carbonyl (C=O) groups is 1. The quantitative estimate of drug-likeness (QED) is 0.279. The number of nitrogens with one attached hydrogen (secondary N) is 1. The van der Waals surface area contributed by atoms with E-state index in [9.17, 15) is 4.79 Å². The van der Waals surface area contributed by atoms with Gasteiger partial charge in [0.15, 0.2) is 0 Å². The number of amides is 1. The van der Waals surface area contributed by atoms with Gasteiger partial charge in [0.1, 0.15) is 5.75 Å². The highest BCUT2D eigenvalue weighted by Gasteiger charge is 2.28. The van der Waals surface area contributed by atoms with Crippen LogP contribution in [0.15, 0.2) is 43.1 Å². The summed E-state index contributed by atoms with van der Waals surface area (Å²) in [5.41, 5.74) is 2.03. The number of aromatic nitrogens is 1. The SMILES string of the molecule is C=C[C@H]1CN(CCCCCCC)CC[C@H]1CCC(NC(C)=O)c1ccnc2ccc(OC)cc12. The van der Waals surface area contributed by atoms with E-state index in [1.807, 2.05) is 30.5 Å². The van der Waals surface area contributed by atoms with Crippen molar-refractivity contribution in [3.63, 3.8) is 0 Å². The van der Waals surface area contributed by atoms with Gasteiger partial charge < -0.3 is 15.0 Å². The summed E-state index contributed by atoms with van der Waals surface area (Å²) in [6.07, 6.45) is 13.8. The van der Waals surface area contributed by atoms with Crippen LogP contribution in [0.5, 0.6) is 5.75 Å². The molecular weight excluding hydrogens is 422 g/mol. The van der Waals surface area contributed by atoms with Crippen LogP contribution >= 0.6 is 0 Å². The number of fused-ring (bicyclic) bond motifs is 1. The summed E-state index contributed by atoms with van der Waals surface area (Å²) in [6, 6.07) is 7.93. The van der Waals surface area contributed by atoms with E-state index in [4.69, 9.17) is 4.74 Å². The van der Waals surface area contributed by atoms with Gasteiger partial charge in [0.2, 0.25) is 5.91 Å². The lowest BCUT2D eigenvalue weighted by Gasteiger charge is -2.38. The molecule has 1 N–H and O–H groups in total. The molecule has 1 aromatic heterocycles. The summed E-state index contributed by atoms with van der Waals surface area (Å²) < 4.78 is 5.45.